The Morgan fingerprint density at radius 3 is 2.00 bits per heavy atom. The first-order chi connectivity index (χ1) is 20.1. The maximum Gasteiger partial charge on any atom is 0.265 e. The number of hydrogen-bond donors (Lipinski definition) is 0. The molecule has 1 aliphatic rings. The molecule has 0 aliphatic carbocycles. The summed E-state index contributed by atoms with van der Waals surface area (Å²) in [5, 5.41) is 14.0. The van der Waals surface area contributed by atoms with E-state index in [-0.39, 0.29) is 11.8 Å². The van der Waals surface area contributed by atoms with Crippen LogP contribution in [0, 0.1) is 17.9 Å². The standard InChI is InChI=1S/C37H27N3O/c1-26-23-30(35(25-38)39-2)24-32(41-26)22-19-27-17-20-31(21-18-27)40(36-15-7-11-28-9-3-5-13-33(28)36)37-16-8-12-29-10-4-6-14-34(29)37/h3-22,24,26H,23H2,1H3. The number of hydrogen-bond acceptors (Lipinski definition) is 3. The smallest absolute Gasteiger partial charge is 0.265 e. The van der Waals surface area contributed by atoms with Crippen LogP contribution >= 0.6 is 0 Å². The SMILES string of the molecule is [C-]#[N+]C(C#N)=C1C=C(C=Cc2ccc(N(c3cccc4ccccc34)c3cccc4ccccc34)cc2)OC(C)C1. The minimum atomic E-state index is -0.0999. The Morgan fingerprint density at radius 2 is 1.41 bits per heavy atom. The molecule has 41 heavy (non-hydrogen) atoms. The van der Waals surface area contributed by atoms with Crippen LogP contribution in [0.15, 0.2) is 138 Å². The van der Waals surface area contributed by atoms with Crippen molar-refractivity contribution in [3.63, 3.8) is 0 Å². The number of anilines is 3. The molecule has 1 heterocycles. The van der Waals surface area contributed by atoms with E-state index in [4.69, 9.17) is 11.3 Å². The van der Waals surface area contributed by atoms with E-state index in [9.17, 15) is 5.26 Å². The zero-order chi connectivity index (χ0) is 28.2. The van der Waals surface area contributed by atoms with Crippen LogP contribution in [-0.4, -0.2) is 6.10 Å². The van der Waals surface area contributed by atoms with Crippen molar-refractivity contribution >= 4 is 44.7 Å². The molecular weight excluding hydrogens is 502 g/mol. The molecule has 1 unspecified atom stereocenters. The molecule has 4 nitrogen and oxygen atoms in total. The molecule has 196 valence electrons. The maximum atomic E-state index is 9.30. The molecule has 1 atom stereocenters. The molecule has 0 saturated carbocycles. The third-order valence-electron chi connectivity index (χ3n) is 7.29. The Labute approximate surface area is 240 Å². The van der Waals surface area contributed by atoms with E-state index >= 15 is 0 Å². The topological polar surface area (TPSA) is 40.6 Å². The highest BCUT2D eigenvalue weighted by Gasteiger charge is 2.19. The van der Waals surface area contributed by atoms with Gasteiger partial charge in [-0.2, -0.15) is 0 Å². The molecule has 1 aliphatic heterocycles. The van der Waals surface area contributed by atoms with Gasteiger partial charge in [0.2, 0.25) is 0 Å². The van der Waals surface area contributed by atoms with Gasteiger partial charge in [0.15, 0.2) is 0 Å². The number of nitrogens with zero attached hydrogens (tertiary/aromatic N) is 3. The lowest BCUT2D eigenvalue weighted by molar-refractivity contribution is 0.133. The van der Waals surface area contributed by atoms with Crippen molar-refractivity contribution in [1.82, 2.24) is 0 Å². The van der Waals surface area contributed by atoms with Crippen LogP contribution in [0.4, 0.5) is 17.1 Å². The second-order valence-electron chi connectivity index (χ2n) is 10.0. The van der Waals surface area contributed by atoms with E-state index < -0.39 is 0 Å². The Bertz CT molecular complexity index is 1830. The van der Waals surface area contributed by atoms with E-state index in [2.05, 4.69) is 119 Å². The highest BCUT2D eigenvalue weighted by Crippen LogP contribution is 2.41. The highest BCUT2D eigenvalue weighted by molar-refractivity contribution is 6.04. The molecule has 4 heteroatoms. The van der Waals surface area contributed by atoms with Gasteiger partial charge in [0.25, 0.3) is 5.70 Å². The summed E-state index contributed by atoms with van der Waals surface area (Å²) >= 11 is 0. The van der Waals surface area contributed by atoms with E-state index in [1.807, 2.05) is 25.1 Å². The quantitative estimate of drug-likeness (QED) is 0.168. The molecule has 5 aromatic rings. The Kier molecular flexibility index (Phi) is 7.06. The van der Waals surface area contributed by atoms with E-state index in [0.717, 1.165) is 28.2 Å². The first-order valence-electron chi connectivity index (χ1n) is 13.6. The van der Waals surface area contributed by atoms with Gasteiger partial charge < -0.3 is 9.64 Å². The molecular formula is C37H27N3O. The van der Waals surface area contributed by atoms with Crippen molar-refractivity contribution in [1.29, 1.82) is 5.26 Å². The molecule has 0 N–H and O–H groups in total. The van der Waals surface area contributed by atoms with E-state index in [0.29, 0.717) is 12.2 Å². The Hall–Kier alpha value is -5.58. The van der Waals surface area contributed by atoms with Gasteiger partial charge >= 0.3 is 0 Å². The molecule has 0 amide bonds. The summed E-state index contributed by atoms with van der Waals surface area (Å²) in [5.41, 5.74) is 5.14. The zero-order valence-corrected chi connectivity index (χ0v) is 22.7. The summed E-state index contributed by atoms with van der Waals surface area (Å²) < 4.78 is 5.96. The summed E-state index contributed by atoms with van der Waals surface area (Å²) in [6.45, 7) is 9.23. The summed E-state index contributed by atoms with van der Waals surface area (Å²) in [5.74, 6) is 0.646. The van der Waals surface area contributed by atoms with Gasteiger partial charge in [0.1, 0.15) is 5.76 Å². The third-order valence-corrected chi connectivity index (χ3v) is 7.29. The number of benzene rings is 5. The summed E-state index contributed by atoms with van der Waals surface area (Å²) in [6, 6.07) is 40.3. The van der Waals surface area contributed by atoms with Gasteiger partial charge in [-0.3, -0.25) is 0 Å². The van der Waals surface area contributed by atoms with Crippen molar-refractivity contribution in [2.24, 2.45) is 0 Å². The predicted octanol–water partition coefficient (Wildman–Crippen LogP) is 9.87. The van der Waals surface area contributed by atoms with Gasteiger partial charge in [-0.1, -0.05) is 91.0 Å². The third kappa shape index (κ3) is 5.20. The predicted molar refractivity (Wildman–Crippen MR) is 168 cm³/mol. The van der Waals surface area contributed by atoms with Gasteiger partial charge in [-0.05, 0) is 65.3 Å². The van der Waals surface area contributed by atoms with Crippen molar-refractivity contribution in [2.75, 3.05) is 4.90 Å². The summed E-state index contributed by atoms with van der Waals surface area (Å²) in [7, 11) is 0. The minimum absolute atomic E-state index is 0.0999. The van der Waals surface area contributed by atoms with E-state index in [1.54, 1.807) is 6.08 Å². The van der Waals surface area contributed by atoms with Crippen LogP contribution in [0.3, 0.4) is 0 Å². The largest absolute Gasteiger partial charge is 0.490 e. The number of allylic oxidation sites excluding steroid dienone is 3. The molecule has 0 spiro atoms. The van der Waals surface area contributed by atoms with Crippen molar-refractivity contribution < 1.29 is 4.74 Å². The lowest BCUT2D eigenvalue weighted by Crippen LogP contribution is -2.13. The fourth-order valence-corrected chi connectivity index (χ4v) is 5.40. The molecule has 0 fully saturated rings. The Morgan fingerprint density at radius 1 is 0.829 bits per heavy atom. The fraction of sp³-hybridized carbons (Fsp3) is 0.0811. The van der Waals surface area contributed by atoms with Crippen molar-refractivity contribution in [3.05, 3.63) is 155 Å². The van der Waals surface area contributed by atoms with Crippen LogP contribution in [0.25, 0.3) is 32.5 Å². The summed E-state index contributed by atoms with van der Waals surface area (Å²) in [6.07, 6.45) is 6.14. The molecule has 0 bridgehead atoms. The summed E-state index contributed by atoms with van der Waals surface area (Å²) in [4.78, 5) is 5.70. The fourth-order valence-electron chi connectivity index (χ4n) is 5.40. The highest BCUT2D eigenvalue weighted by atomic mass is 16.5. The molecule has 0 saturated heterocycles. The molecule has 0 aromatic heterocycles. The minimum Gasteiger partial charge on any atom is -0.490 e. The molecule has 0 radical (unpaired) electrons. The first-order valence-corrected chi connectivity index (χ1v) is 13.6. The number of nitriles is 1. The van der Waals surface area contributed by atoms with Crippen LogP contribution in [0.2, 0.25) is 0 Å². The molecule has 6 rings (SSSR count). The van der Waals surface area contributed by atoms with Gasteiger partial charge in [-0.25, -0.2) is 10.1 Å². The van der Waals surface area contributed by atoms with Gasteiger partial charge in [0, 0.05) is 22.9 Å². The number of ether oxygens (including phenoxy) is 1. The monoisotopic (exact) mass is 529 g/mol. The maximum absolute atomic E-state index is 9.30. The Balaban J connectivity index is 1.41. The van der Waals surface area contributed by atoms with Crippen LogP contribution in [0.5, 0.6) is 0 Å². The normalized spacial score (nSPS) is 16.1. The van der Waals surface area contributed by atoms with Gasteiger partial charge in [0.05, 0.1) is 30.1 Å². The first kappa shape index (κ1) is 25.7. The van der Waals surface area contributed by atoms with Crippen LogP contribution in [-0.2, 0) is 4.74 Å². The van der Waals surface area contributed by atoms with Crippen LogP contribution < -0.4 is 4.90 Å². The number of rotatable bonds is 5. The second kappa shape index (κ2) is 11.3. The van der Waals surface area contributed by atoms with Crippen molar-refractivity contribution in [3.8, 4) is 6.07 Å². The average molecular weight is 530 g/mol. The lowest BCUT2D eigenvalue weighted by atomic mass is 10.0. The van der Waals surface area contributed by atoms with E-state index in [1.165, 1.54) is 21.5 Å². The van der Waals surface area contributed by atoms with Gasteiger partial charge in [-0.15, -0.1) is 0 Å². The molecule has 5 aromatic carbocycles. The van der Waals surface area contributed by atoms with Crippen molar-refractivity contribution in [2.45, 2.75) is 19.4 Å². The van der Waals surface area contributed by atoms with Crippen LogP contribution in [0.1, 0.15) is 18.9 Å². The zero-order valence-electron chi connectivity index (χ0n) is 22.7. The second-order valence-corrected chi connectivity index (χ2v) is 10.0. The number of fused-ring (bicyclic) bond motifs is 2. The lowest BCUT2D eigenvalue weighted by Gasteiger charge is -2.28. The average Bonchev–Trinajstić information content (AvgIpc) is 3.01.